The highest BCUT2D eigenvalue weighted by molar-refractivity contribution is 14.1. The second-order valence-electron chi connectivity index (χ2n) is 2.98. The second-order valence-corrected chi connectivity index (χ2v) is 4.09. The molecule has 12 heavy (non-hydrogen) atoms. The first kappa shape index (κ1) is 8.43. The van der Waals surface area contributed by atoms with Crippen molar-refractivity contribution >= 4 is 22.6 Å². The van der Waals surface area contributed by atoms with Gasteiger partial charge in [-0.05, 0) is 48.5 Å². The largest absolute Gasteiger partial charge is 0.317 e. The molecule has 1 aliphatic rings. The maximum atomic E-state index is 4.07. The smallest absolute Gasteiger partial charge is 0.119 e. The molecule has 0 aromatic carbocycles. The molecule has 2 heterocycles. The first-order chi connectivity index (χ1) is 5.88. The topological polar surface area (TPSA) is 42.7 Å². The van der Waals surface area contributed by atoms with Crippen LogP contribution >= 0.6 is 22.6 Å². The molecule has 1 aromatic heterocycles. The molecule has 1 fully saturated rings. The number of halogens is 1. The average Bonchev–Trinajstić information content (AvgIpc) is 2.53. The molecular formula is C7H11IN4. The summed E-state index contributed by atoms with van der Waals surface area (Å²) < 4.78 is 3.17. The molecule has 1 aromatic rings. The molecule has 0 radical (unpaired) electrons. The summed E-state index contributed by atoms with van der Waals surface area (Å²) in [5.41, 5.74) is 0. The first-order valence-electron chi connectivity index (χ1n) is 4.14. The molecule has 0 saturated carbocycles. The summed E-state index contributed by atoms with van der Waals surface area (Å²) in [6, 6.07) is 0.556. The summed E-state index contributed by atoms with van der Waals surface area (Å²) >= 11 is 2.28. The van der Waals surface area contributed by atoms with Crippen LogP contribution in [-0.4, -0.2) is 28.1 Å². The zero-order valence-electron chi connectivity index (χ0n) is 6.70. The van der Waals surface area contributed by atoms with Crippen LogP contribution in [0.1, 0.15) is 18.9 Å². The van der Waals surface area contributed by atoms with Gasteiger partial charge in [-0.25, -0.2) is 4.68 Å². The van der Waals surface area contributed by atoms with Crippen molar-refractivity contribution < 1.29 is 0 Å². The Kier molecular flexibility index (Phi) is 2.60. The predicted octanol–water partition coefficient (Wildman–Crippen LogP) is 0.807. The van der Waals surface area contributed by atoms with Gasteiger partial charge in [0.05, 0.1) is 12.2 Å². The highest BCUT2D eigenvalue weighted by Crippen LogP contribution is 2.19. The van der Waals surface area contributed by atoms with Crippen molar-refractivity contribution in [1.82, 2.24) is 20.3 Å². The van der Waals surface area contributed by atoms with E-state index >= 15 is 0 Å². The van der Waals surface area contributed by atoms with Crippen LogP contribution in [0.25, 0.3) is 0 Å². The fourth-order valence-electron chi connectivity index (χ4n) is 1.53. The Morgan fingerprint density at radius 3 is 2.83 bits per heavy atom. The zero-order valence-corrected chi connectivity index (χ0v) is 8.86. The lowest BCUT2D eigenvalue weighted by Gasteiger charge is -2.22. The Labute approximate surface area is 84.9 Å². The van der Waals surface area contributed by atoms with Crippen LogP contribution < -0.4 is 5.32 Å². The van der Waals surface area contributed by atoms with Gasteiger partial charge in [-0.1, -0.05) is 5.21 Å². The van der Waals surface area contributed by atoms with Crippen LogP contribution in [0.2, 0.25) is 0 Å². The van der Waals surface area contributed by atoms with Gasteiger partial charge in [-0.3, -0.25) is 0 Å². The van der Waals surface area contributed by atoms with Crippen molar-refractivity contribution in [2.24, 2.45) is 0 Å². The van der Waals surface area contributed by atoms with E-state index in [1.54, 1.807) is 0 Å². The van der Waals surface area contributed by atoms with Gasteiger partial charge < -0.3 is 5.32 Å². The molecule has 0 atom stereocenters. The van der Waals surface area contributed by atoms with Gasteiger partial charge in [-0.15, -0.1) is 5.10 Å². The van der Waals surface area contributed by atoms with Crippen LogP contribution in [0, 0.1) is 3.70 Å². The maximum absolute atomic E-state index is 4.07. The van der Waals surface area contributed by atoms with E-state index in [0.29, 0.717) is 6.04 Å². The number of rotatable bonds is 1. The van der Waals surface area contributed by atoms with E-state index in [2.05, 4.69) is 38.2 Å². The van der Waals surface area contributed by atoms with Crippen LogP contribution in [0.4, 0.5) is 0 Å². The Morgan fingerprint density at radius 2 is 2.25 bits per heavy atom. The molecule has 0 amide bonds. The van der Waals surface area contributed by atoms with Crippen molar-refractivity contribution in [3.05, 3.63) is 9.90 Å². The Hall–Kier alpha value is -0.170. The van der Waals surface area contributed by atoms with Gasteiger partial charge in [0.2, 0.25) is 0 Å². The van der Waals surface area contributed by atoms with E-state index in [9.17, 15) is 0 Å². The Bertz CT molecular complexity index is 254. The number of piperidine rings is 1. The summed E-state index contributed by atoms with van der Waals surface area (Å²) in [5, 5.41) is 11.3. The van der Waals surface area contributed by atoms with Crippen LogP contribution in [0.3, 0.4) is 0 Å². The summed E-state index contributed by atoms with van der Waals surface area (Å²) in [7, 11) is 0. The number of hydrogen-bond acceptors (Lipinski definition) is 3. The van der Waals surface area contributed by atoms with Crippen molar-refractivity contribution in [1.29, 1.82) is 0 Å². The molecule has 5 heteroatoms. The summed E-state index contributed by atoms with van der Waals surface area (Å²) in [4.78, 5) is 0. The van der Waals surface area contributed by atoms with E-state index in [0.717, 1.165) is 16.8 Å². The lowest BCUT2D eigenvalue weighted by Crippen LogP contribution is -2.30. The van der Waals surface area contributed by atoms with E-state index in [4.69, 9.17) is 0 Å². The molecule has 2 rings (SSSR count). The normalized spacial score (nSPS) is 19.8. The molecule has 1 N–H and O–H groups in total. The van der Waals surface area contributed by atoms with E-state index in [1.165, 1.54) is 12.8 Å². The summed E-state index contributed by atoms with van der Waals surface area (Å²) in [6.45, 7) is 2.20. The molecular weight excluding hydrogens is 267 g/mol. The third kappa shape index (κ3) is 1.61. The first-order valence-corrected chi connectivity index (χ1v) is 5.22. The van der Waals surface area contributed by atoms with Crippen LogP contribution in [0.5, 0.6) is 0 Å². The van der Waals surface area contributed by atoms with E-state index in [-0.39, 0.29) is 0 Å². The van der Waals surface area contributed by atoms with Gasteiger partial charge in [0.15, 0.2) is 0 Å². The minimum Gasteiger partial charge on any atom is -0.317 e. The van der Waals surface area contributed by atoms with Gasteiger partial charge in [0, 0.05) is 0 Å². The predicted molar refractivity (Wildman–Crippen MR) is 53.9 cm³/mol. The fourth-order valence-corrected chi connectivity index (χ4v) is 2.14. The highest BCUT2D eigenvalue weighted by atomic mass is 127. The monoisotopic (exact) mass is 278 g/mol. The van der Waals surface area contributed by atoms with Gasteiger partial charge in [-0.2, -0.15) is 0 Å². The molecule has 0 unspecified atom stereocenters. The number of nitrogens with one attached hydrogen (secondary N) is 1. The molecule has 4 nitrogen and oxygen atoms in total. The molecule has 0 aliphatic carbocycles. The van der Waals surface area contributed by atoms with E-state index < -0.39 is 0 Å². The van der Waals surface area contributed by atoms with Crippen LogP contribution in [-0.2, 0) is 0 Å². The zero-order chi connectivity index (χ0) is 8.39. The quantitative estimate of drug-likeness (QED) is 0.773. The molecule has 1 saturated heterocycles. The molecule has 0 spiro atoms. The summed E-state index contributed by atoms with van der Waals surface area (Å²) in [6.07, 6.45) is 4.14. The standard InChI is InChI=1S/C7H11IN4/c8-7-5-10-11-12(7)6-1-3-9-4-2-6/h5-6,9H,1-4H2. The highest BCUT2D eigenvalue weighted by Gasteiger charge is 2.17. The minimum atomic E-state index is 0.556. The number of hydrogen-bond donors (Lipinski definition) is 1. The van der Waals surface area contributed by atoms with Gasteiger partial charge >= 0.3 is 0 Å². The van der Waals surface area contributed by atoms with Crippen molar-refractivity contribution in [3.8, 4) is 0 Å². The summed E-state index contributed by atoms with van der Waals surface area (Å²) in [5.74, 6) is 0. The lowest BCUT2D eigenvalue weighted by molar-refractivity contribution is 0.332. The van der Waals surface area contributed by atoms with Crippen molar-refractivity contribution in [2.75, 3.05) is 13.1 Å². The number of nitrogens with zero attached hydrogens (tertiary/aromatic N) is 3. The minimum absolute atomic E-state index is 0.556. The van der Waals surface area contributed by atoms with Gasteiger partial charge in [0.1, 0.15) is 3.70 Å². The fraction of sp³-hybridized carbons (Fsp3) is 0.714. The third-order valence-corrected chi connectivity index (χ3v) is 2.96. The molecule has 66 valence electrons. The van der Waals surface area contributed by atoms with Crippen molar-refractivity contribution in [3.63, 3.8) is 0 Å². The average molecular weight is 278 g/mol. The second kappa shape index (κ2) is 3.69. The SMILES string of the molecule is Ic1cnnn1C1CCNCC1. The lowest BCUT2D eigenvalue weighted by atomic mass is 10.1. The maximum Gasteiger partial charge on any atom is 0.119 e. The third-order valence-electron chi connectivity index (χ3n) is 2.19. The van der Waals surface area contributed by atoms with Crippen molar-refractivity contribution in [2.45, 2.75) is 18.9 Å². The number of aromatic nitrogens is 3. The van der Waals surface area contributed by atoms with E-state index in [1.807, 2.05) is 10.9 Å². The molecule has 1 aliphatic heterocycles. The Morgan fingerprint density at radius 1 is 1.50 bits per heavy atom. The molecule has 0 bridgehead atoms. The van der Waals surface area contributed by atoms with Crippen LogP contribution in [0.15, 0.2) is 6.20 Å². The van der Waals surface area contributed by atoms with Gasteiger partial charge in [0.25, 0.3) is 0 Å². The Balaban J connectivity index is 2.13.